The van der Waals surface area contributed by atoms with E-state index in [1.807, 2.05) is 30.3 Å². The van der Waals surface area contributed by atoms with E-state index in [2.05, 4.69) is 10.1 Å². The van der Waals surface area contributed by atoms with E-state index in [-0.39, 0.29) is 5.91 Å². The molecule has 24 heavy (non-hydrogen) atoms. The lowest BCUT2D eigenvalue weighted by molar-refractivity contribution is -0.134. The van der Waals surface area contributed by atoms with Gasteiger partial charge in [-0.2, -0.15) is 0 Å². The molecule has 0 aromatic heterocycles. The summed E-state index contributed by atoms with van der Waals surface area (Å²) in [6.45, 7) is 1.85. The molecular weight excluding hydrogens is 306 g/mol. The minimum absolute atomic E-state index is 0.269. The summed E-state index contributed by atoms with van der Waals surface area (Å²) in [6, 6.07) is 16.9. The molecule has 0 unspecified atom stereocenters. The molecule has 5 heteroatoms. The summed E-state index contributed by atoms with van der Waals surface area (Å²) < 4.78 is 10.3. The van der Waals surface area contributed by atoms with E-state index in [9.17, 15) is 9.59 Å². The molecular formula is C19H19NO4. The summed E-state index contributed by atoms with van der Waals surface area (Å²) in [5, 5.41) is 2.62. The maximum atomic E-state index is 11.4. The number of benzene rings is 2. The van der Waals surface area contributed by atoms with Gasteiger partial charge in [0.1, 0.15) is 12.4 Å². The lowest BCUT2D eigenvalue weighted by Crippen LogP contribution is -2.19. The molecule has 1 amide bonds. The molecule has 0 atom stereocenters. The lowest BCUT2D eigenvalue weighted by Gasteiger charge is -2.10. The molecule has 124 valence electrons. The van der Waals surface area contributed by atoms with E-state index >= 15 is 0 Å². The number of esters is 1. The van der Waals surface area contributed by atoms with E-state index in [1.165, 1.54) is 20.1 Å². The van der Waals surface area contributed by atoms with E-state index in [4.69, 9.17) is 4.74 Å². The average Bonchev–Trinajstić information content (AvgIpc) is 2.60. The van der Waals surface area contributed by atoms with Gasteiger partial charge in [-0.15, -0.1) is 0 Å². The Kier molecular flexibility index (Phi) is 6.14. The maximum absolute atomic E-state index is 11.4. The Labute approximate surface area is 140 Å². The molecule has 0 fully saturated rings. The van der Waals surface area contributed by atoms with Crippen molar-refractivity contribution in [3.63, 3.8) is 0 Å². The molecule has 2 aromatic rings. The van der Waals surface area contributed by atoms with Crippen molar-refractivity contribution in [2.75, 3.05) is 7.11 Å². The summed E-state index contributed by atoms with van der Waals surface area (Å²) in [6.07, 6.45) is 1.24. The summed E-state index contributed by atoms with van der Waals surface area (Å²) in [7, 11) is 1.28. The number of amides is 1. The first-order valence-electron chi connectivity index (χ1n) is 7.43. The highest BCUT2D eigenvalue weighted by Gasteiger charge is 2.07. The Balaban J connectivity index is 2.09. The molecule has 0 aliphatic heterocycles. The van der Waals surface area contributed by atoms with Gasteiger partial charge in [0.15, 0.2) is 0 Å². The second kappa shape index (κ2) is 8.53. The van der Waals surface area contributed by atoms with Gasteiger partial charge in [0.05, 0.1) is 12.8 Å². The maximum Gasteiger partial charge on any atom is 0.332 e. The van der Waals surface area contributed by atoms with Crippen molar-refractivity contribution in [2.24, 2.45) is 0 Å². The molecule has 2 rings (SSSR count). The Bertz CT molecular complexity index is 721. The van der Waals surface area contributed by atoms with Crippen LogP contribution in [0.15, 0.2) is 60.7 Å². The zero-order chi connectivity index (χ0) is 17.4. The third-order valence-electron chi connectivity index (χ3n) is 3.19. The lowest BCUT2D eigenvalue weighted by atomic mass is 10.1. The van der Waals surface area contributed by atoms with Crippen LogP contribution in [0.5, 0.6) is 5.75 Å². The van der Waals surface area contributed by atoms with Crippen LogP contribution in [0, 0.1) is 0 Å². The molecule has 0 saturated heterocycles. The Morgan fingerprint density at radius 2 is 1.71 bits per heavy atom. The topological polar surface area (TPSA) is 64.6 Å². The molecule has 1 N–H and O–H groups in total. The van der Waals surface area contributed by atoms with Crippen LogP contribution in [-0.2, 0) is 20.9 Å². The van der Waals surface area contributed by atoms with Crippen LogP contribution in [0.1, 0.15) is 18.1 Å². The Morgan fingerprint density at radius 1 is 1.04 bits per heavy atom. The van der Waals surface area contributed by atoms with Gasteiger partial charge < -0.3 is 14.8 Å². The predicted molar refractivity (Wildman–Crippen MR) is 91.0 cm³/mol. The van der Waals surface area contributed by atoms with Gasteiger partial charge in [-0.3, -0.25) is 4.79 Å². The van der Waals surface area contributed by atoms with E-state index in [0.717, 1.165) is 5.56 Å². The largest absolute Gasteiger partial charge is 0.489 e. The van der Waals surface area contributed by atoms with Gasteiger partial charge in [0.25, 0.3) is 0 Å². The van der Waals surface area contributed by atoms with Crippen LogP contribution in [0.4, 0.5) is 0 Å². The fraction of sp³-hybridized carbons (Fsp3) is 0.158. The number of carbonyl (C=O) groups is 2. The first-order chi connectivity index (χ1) is 11.6. The molecule has 2 aromatic carbocycles. The van der Waals surface area contributed by atoms with Crippen molar-refractivity contribution in [1.29, 1.82) is 0 Å². The molecule has 0 aliphatic rings. The van der Waals surface area contributed by atoms with Crippen molar-refractivity contribution < 1.29 is 19.1 Å². The van der Waals surface area contributed by atoms with Gasteiger partial charge in [-0.05, 0) is 35.4 Å². The number of carbonyl (C=O) groups excluding carboxylic acids is 2. The van der Waals surface area contributed by atoms with Crippen LogP contribution in [0.3, 0.4) is 0 Å². The third-order valence-corrected chi connectivity index (χ3v) is 3.19. The minimum Gasteiger partial charge on any atom is -0.489 e. The van der Waals surface area contributed by atoms with Gasteiger partial charge in [-0.1, -0.05) is 30.3 Å². The van der Waals surface area contributed by atoms with E-state index in [0.29, 0.717) is 23.6 Å². The monoisotopic (exact) mass is 325 g/mol. The second-order valence-corrected chi connectivity index (χ2v) is 5.06. The number of nitrogens with one attached hydrogen (secondary N) is 1. The third kappa shape index (κ3) is 5.28. The van der Waals surface area contributed by atoms with Crippen LogP contribution in [-0.4, -0.2) is 19.0 Å². The summed E-state index contributed by atoms with van der Waals surface area (Å²) in [5.41, 5.74) is 2.14. The second-order valence-electron chi connectivity index (χ2n) is 5.06. The SMILES string of the molecule is COC(=O)C=C(NC(C)=O)c1ccc(OCc2ccccc2)cc1. The van der Waals surface area contributed by atoms with E-state index < -0.39 is 5.97 Å². The Morgan fingerprint density at radius 3 is 2.29 bits per heavy atom. The van der Waals surface area contributed by atoms with Gasteiger partial charge in [0.2, 0.25) is 5.91 Å². The highest BCUT2D eigenvalue weighted by Crippen LogP contribution is 2.18. The molecule has 0 heterocycles. The molecule has 0 aliphatic carbocycles. The summed E-state index contributed by atoms with van der Waals surface area (Å²) in [4.78, 5) is 22.7. The average molecular weight is 325 g/mol. The van der Waals surface area contributed by atoms with Crippen molar-refractivity contribution >= 4 is 17.6 Å². The first-order valence-corrected chi connectivity index (χ1v) is 7.43. The predicted octanol–water partition coefficient (Wildman–Crippen LogP) is 2.92. The van der Waals surface area contributed by atoms with Crippen molar-refractivity contribution in [3.05, 3.63) is 71.8 Å². The number of rotatable bonds is 6. The highest BCUT2D eigenvalue weighted by molar-refractivity contribution is 5.95. The normalized spacial score (nSPS) is 10.8. The highest BCUT2D eigenvalue weighted by atomic mass is 16.5. The first kappa shape index (κ1) is 17.3. The van der Waals surface area contributed by atoms with Crippen LogP contribution in [0.25, 0.3) is 5.70 Å². The zero-order valence-electron chi connectivity index (χ0n) is 13.6. The van der Waals surface area contributed by atoms with Gasteiger partial charge in [-0.25, -0.2) is 4.79 Å². The number of methoxy groups -OCH3 is 1. The molecule has 0 bridgehead atoms. The fourth-order valence-corrected chi connectivity index (χ4v) is 2.03. The van der Waals surface area contributed by atoms with Gasteiger partial charge >= 0.3 is 5.97 Å². The van der Waals surface area contributed by atoms with Crippen LogP contribution < -0.4 is 10.1 Å². The minimum atomic E-state index is -0.539. The summed E-state index contributed by atoms with van der Waals surface area (Å²) in [5.74, 6) is -0.111. The molecule has 0 radical (unpaired) electrons. The fourth-order valence-electron chi connectivity index (χ4n) is 2.03. The number of ether oxygens (including phenoxy) is 2. The van der Waals surface area contributed by atoms with Crippen molar-refractivity contribution in [2.45, 2.75) is 13.5 Å². The van der Waals surface area contributed by atoms with E-state index in [1.54, 1.807) is 24.3 Å². The quantitative estimate of drug-likeness (QED) is 0.655. The van der Waals surface area contributed by atoms with Crippen LogP contribution in [0.2, 0.25) is 0 Å². The zero-order valence-corrected chi connectivity index (χ0v) is 13.6. The smallest absolute Gasteiger partial charge is 0.332 e. The van der Waals surface area contributed by atoms with Gasteiger partial charge in [0, 0.05) is 13.0 Å². The summed E-state index contributed by atoms with van der Waals surface area (Å²) >= 11 is 0. The molecule has 0 spiro atoms. The van der Waals surface area contributed by atoms with Crippen molar-refractivity contribution in [3.8, 4) is 5.75 Å². The Hall–Kier alpha value is -3.08. The van der Waals surface area contributed by atoms with Crippen molar-refractivity contribution in [1.82, 2.24) is 5.32 Å². The standard InChI is InChI=1S/C19H19NO4/c1-14(21)20-18(12-19(22)23-2)16-8-10-17(11-9-16)24-13-15-6-4-3-5-7-15/h3-12H,13H2,1-2H3,(H,20,21). The molecule has 5 nitrogen and oxygen atoms in total. The number of hydrogen-bond acceptors (Lipinski definition) is 4. The van der Waals surface area contributed by atoms with Crippen LogP contribution >= 0.6 is 0 Å². The molecule has 0 saturated carbocycles. The number of hydrogen-bond donors (Lipinski definition) is 1.